The molecular formula is C16H19ClN4O. The number of likely N-dealkylation sites (N-methyl/N-ethyl adjacent to an activating group) is 1. The Hall–Kier alpha value is -1.98. The van der Waals surface area contributed by atoms with Gasteiger partial charge in [-0.15, -0.1) is 12.4 Å². The minimum atomic E-state index is 0. The Morgan fingerprint density at radius 3 is 2.77 bits per heavy atom. The fourth-order valence-corrected chi connectivity index (χ4v) is 2.24. The number of pyridine rings is 1. The first-order valence-electron chi connectivity index (χ1n) is 7.04. The van der Waals surface area contributed by atoms with Crippen LogP contribution in [0.5, 0.6) is 0 Å². The molecular weight excluding hydrogens is 300 g/mol. The zero-order valence-electron chi connectivity index (χ0n) is 12.8. The van der Waals surface area contributed by atoms with E-state index in [1.807, 2.05) is 38.2 Å². The maximum absolute atomic E-state index is 5.42. The molecule has 0 aliphatic rings. The number of halogens is 1. The Morgan fingerprint density at radius 1 is 1.18 bits per heavy atom. The van der Waals surface area contributed by atoms with Crippen LogP contribution in [0.3, 0.4) is 0 Å². The van der Waals surface area contributed by atoms with Crippen molar-refractivity contribution in [3.05, 3.63) is 41.9 Å². The zero-order chi connectivity index (χ0) is 14.8. The zero-order valence-corrected chi connectivity index (χ0v) is 13.6. The molecule has 0 spiro atoms. The predicted molar refractivity (Wildman–Crippen MR) is 89.2 cm³/mol. The minimum Gasteiger partial charge on any atom is -0.334 e. The molecule has 1 N–H and O–H groups in total. The highest BCUT2D eigenvalue weighted by Crippen LogP contribution is 2.26. The summed E-state index contributed by atoms with van der Waals surface area (Å²) in [5.41, 5.74) is 2.75. The molecule has 2 aromatic heterocycles. The molecule has 0 radical (unpaired) electrons. The van der Waals surface area contributed by atoms with E-state index < -0.39 is 0 Å². The Bertz CT molecular complexity index is 772. The van der Waals surface area contributed by atoms with E-state index in [4.69, 9.17) is 4.52 Å². The van der Waals surface area contributed by atoms with E-state index in [9.17, 15) is 0 Å². The molecule has 1 atom stereocenters. The largest absolute Gasteiger partial charge is 0.334 e. The second kappa shape index (κ2) is 6.85. The molecule has 22 heavy (non-hydrogen) atoms. The molecule has 0 aliphatic carbocycles. The fraction of sp³-hybridized carbons (Fsp3) is 0.312. The van der Waals surface area contributed by atoms with Gasteiger partial charge >= 0.3 is 0 Å². The van der Waals surface area contributed by atoms with E-state index in [0.29, 0.717) is 17.8 Å². The van der Waals surface area contributed by atoms with Gasteiger partial charge in [-0.05, 0) is 33.0 Å². The third-order valence-electron chi connectivity index (χ3n) is 3.54. The SMILES string of the molecule is CNC(C)Cc1noc(-c2cccc3ccc(C)nc23)n1.Cl. The number of benzene rings is 1. The van der Waals surface area contributed by atoms with Gasteiger partial charge in [-0.25, -0.2) is 0 Å². The highest BCUT2D eigenvalue weighted by Gasteiger charge is 2.14. The molecule has 1 aromatic carbocycles. The summed E-state index contributed by atoms with van der Waals surface area (Å²) in [5, 5.41) is 8.29. The fourth-order valence-electron chi connectivity index (χ4n) is 2.24. The molecule has 1 unspecified atom stereocenters. The molecule has 0 bridgehead atoms. The molecule has 3 rings (SSSR count). The minimum absolute atomic E-state index is 0. The van der Waals surface area contributed by atoms with Crippen LogP contribution in [0.15, 0.2) is 34.9 Å². The van der Waals surface area contributed by atoms with Gasteiger partial charge in [-0.1, -0.05) is 23.4 Å². The number of nitrogens with zero attached hydrogens (tertiary/aromatic N) is 3. The van der Waals surface area contributed by atoms with Crippen molar-refractivity contribution in [1.82, 2.24) is 20.4 Å². The van der Waals surface area contributed by atoms with Crippen LogP contribution in [0, 0.1) is 6.92 Å². The molecule has 0 amide bonds. The summed E-state index contributed by atoms with van der Waals surface area (Å²) in [6.45, 7) is 4.06. The number of aryl methyl sites for hydroxylation is 1. The van der Waals surface area contributed by atoms with E-state index in [0.717, 1.165) is 28.6 Å². The van der Waals surface area contributed by atoms with Crippen molar-refractivity contribution < 1.29 is 4.52 Å². The summed E-state index contributed by atoms with van der Waals surface area (Å²) in [6.07, 6.45) is 0.733. The van der Waals surface area contributed by atoms with Crippen molar-refractivity contribution >= 4 is 23.3 Å². The van der Waals surface area contributed by atoms with Gasteiger partial charge in [0.25, 0.3) is 5.89 Å². The van der Waals surface area contributed by atoms with Gasteiger partial charge in [-0.2, -0.15) is 4.98 Å². The average molecular weight is 319 g/mol. The van der Waals surface area contributed by atoms with Crippen molar-refractivity contribution in [3.8, 4) is 11.5 Å². The molecule has 0 saturated carbocycles. The Morgan fingerprint density at radius 2 is 2.00 bits per heavy atom. The van der Waals surface area contributed by atoms with E-state index >= 15 is 0 Å². The highest BCUT2D eigenvalue weighted by atomic mass is 35.5. The first-order valence-corrected chi connectivity index (χ1v) is 7.04. The smallest absolute Gasteiger partial charge is 0.260 e. The number of aromatic nitrogens is 3. The Kier molecular flexibility index (Phi) is 5.11. The van der Waals surface area contributed by atoms with Crippen molar-refractivity contribution in [2.75, 3.05) is 7.05 Å². The summed E-state index contributed by atoms with van der Waals surface area (Å²) in [5.74, 6) is 1.23. The van der Waals surface area contributed by atoms with Crippen LogP contribution in [0.1, 0.15) is 18.4 Å². The summed E-state index contributed by atoms with van der Waals surface area (Å²) in [4.78, 5) is 9.09. The Balaban J connectivity index is 0.00000176. The molecule has 0 aliphatic heterocycles. The monoisotopic (exact) mass is 318 g/mol. The average Bonchev–Trinajstić information content (AvgIpc) is 2.94. The number of fused-ring (bicyclic) bond motifs is 1. The van der Waals surface area contributed by atoms with Crippen LogP contribution in [-0.2, 0) is 6.42 Å². The highest BCUT2D eigenvalue weighted by molar-refractivity contribution is 5.91. The third kappa shape index (κ3) is 3.26. The van der Waals surface area contributed by atoms with Crippen molar-refractivity contribution in [2.45, 2.75) is 26.3 Å². The van der Waals surface area contributed by atoms with Crippen molar-refractivity contribution in [2.24, 2.45) is 0 Å². The van der Waals surface area contributed by atoms with Crippen molar-refractivity contribution in [1.29, 1.82) is 0 Å². The lowest BCUT2D eigenvalue weighted by atomic mass is 10.1. The maximum atomic E-state index is 5.42. The first-order chi connectivity index (χ1) is 10.2. The van der Waals surface area contributed by atoms with Crippen LogP contribution < -0.4 is 5.32 Å². The lowest BCUT2D eigenvalue weighted by Crippen LogP contribution is -2.24. The number of hydrogen-bond acceptors (Lipinski definition) is 5. The van der Waals surface area contributed by atoms with Crippen molar-refractivity contribution in [3.63, 3.8) is 0 Å². The second-order valence-electron chi connectivity index (χ2n) is 5.24. The van der Waals surface area contributed by atoms with Crippen LogP contribution in [0.2, 0.25) is 0 Å². The lowest BCUT2D eigenvalue weighted by Gasteiger charge is -2.05. The van der Waals surface area contributed by atoms with Gasteiger partial charge in [0.05, 0.1) is 11.1 Å². The quantitative estimate of drug-likeness (QED) is 0.800. The van der Waals surface area contributed by atoms with Crippen LogP contribution in [-0.4, -0.2) is 28.2 Å². The maximum Gasteiger partial charge on any atom is 0.260 e. The first kappa shape index (κ1) is 16.4. The van der Waals surface area contributed by atoms with Gasteiger partial charge < -0.3 is 9.84 Å². The van der Waals surface area contributed by atoms with Gasteiger partial charge in [-0.3, -0.25) is 4.98 Å². The molecule has 0 saturated heterocycles. The summed E-state index contributed by atoms with van der Waals surface area (Å²) in [6, 6.07) is 10.3. The number of rotatable bonds is 4. The van der Waals surface area contributed by atoms with Gasteiger partial charge in [0.15, 0.2) is 5.82 Å². The van der Waals surface area contributed by atoms with E-state index in [-0.39, 0.29) is 12.4 Å². The third-order valence-corrected chi connectivity index (χ3v) is 3.54. The summed E-state index contributed by atoms with van der Waals surface area (Å²) < 4.78 is 5.42. The second-order valence-corrected chi connectivity index (χ2v) is 5.24. The molecule has 3 aromatic rings. The standard InChI is InChI=1S/C16H18N4O.ClH/c1-10-7-8-12-5-4-6-13(15(12)18-10)16-19-14(20-21-16)9-11(2)17-3;/h4-8,11,17H,9H2,1-3H3;1H. The predicted octanol–water partition coefficient (Wildman–Crippen LogP) is 3.17. The van der Waals surface area contributed by atoms with Crippen LogP contribution >= 0.6 is 12.4 Å². The summed E-state index contributed by atoms with van der Waals surface area (Å²) >= 11 is 0. The lowest BCUT2D eigenvalue weighted by molar-refractivity contribution is 0.418. The van der Waals surface area contributed by atoms with E-state index in [1.54, 1.807) is 0 Å². The van der Waals surface area contributed by atoms with E-state index in [2.05, 4.69) is 33.4 Å². The summed E-state index contributed by atoms with van der Waals surface area (Å²) in [7, 11) is 1.92. The molecule has 6 heteroatoms. The molecule has 0 fully saturated rings. The Labute approximate surface area is 135 Å². The number of hydrogen-bond donors (Lipinski definition) is 1. The molecule has 116 valence electrons. The molecule has 2 heterocycles. The van der Waals surface area contributed by atoms with E-state index in [1.165, 1.54) is 0 Å². The van der Waals surface area contributed by atoms with Gasteiger partial charge in [0.1, 0.15) is 0 Å². The van der Waals surface area contributed by atoms with Gasteiger partial charge in [0, 0.05) is 23.5 Å². The van der Waals surface area contributed by atoms with Crippen LogP contribution in [0.4, 0.5) is 0 Å². The number of nitrogens with one attached hydrogen (secondary N) is 1. The normalized spacial score (nSPS) is 12.1. The van der Waals surface area contributed by atoms with Gasteiger partial charge in [0.2, 0.25) is 0 Å². The number of para-hydroxylation sites is 1. The van der Waals surface area contributed by atoms with Crippen LogP contribution in [0.25, 0.3) is 22.4 Å². The topological polar surface area (TPSA) is 63.8 Å². The molecule has 5 nitrogen and oxygen atoms in total.